The molecular formula is C24H26N4O2. The number of ether oxygens (including phenoxy) is 1. The van der Waals surface area contributed by atoms with E-state index in [2.05, 4.69) is 33.1 Å². The van der Waals surface area contributed by atoms with Gasteiger partial charge in [0.05, 0.1) is 6.07 Å². The Hall–Kier alpha value is -3.01. The van der Waals surface area contributed by atoms with Crippen molar-refractivity contribution in [3.8, 4) is 22.9 Å². The third kappa shape index (κ3) is 4.59. The van der Waals surface area contributed by atoms with Crippen molar-refractivity contribution in [3.63, 3.8) is 0 Å². The number of aromatic nitrogens is 2. The standard InChI is InChI=1S/C24H26N4O2/c1-17-26-13-20(14-27-17)24-22-5-3-2-4-19(22)6-7-23(24)30-16-21(29)15-28-10-8-18(12-25)9-11-28/h2-7,13-14,18,21,29H,8-11,15-16H2,1H3. The summed E-state index contributed by atoms with van der Waals surface area (Å²) in [7, 11) is 0. The Kier molecular flexibility index (Phi) is 6.22. The highest BCUT2D eigenvalue weighted by molar-refractivity contribution is 5.99. The minimum atomic E-state index is -0.600. The molecule has 6 heteroatoms. The van der Waals surface area contributed by atoms with Crippen LogP contribution in [-0.2, 0) is 0 Å². The molecule has 0 radical (unpaired) electrons. The zero-order valence-corrected chi connectivity index (χ0v) is 17.2. The van der Waals surface area contributed by atoms with Crippen LogP contribution in [-0.4, -0.2) is 52.3 Å². The average molecular weight is 402 g/mol. The SMILES string of the molecule is Cc1ncc(-c2c(OCC(O)CN3CCC(C#N)CC3)ccc3ccccc23)cn1. The lowest BCUT2D eigenvalue weighted by atomic mass is 9.98. The molecule has 0 amide bonds. The van der Waals surface area contributed by atoms with E-state index in [1.54, 1.807) is 0 Å². The number of aryl methyl sites for hydroxylation is 1. The Morgan fingerprint density at radius 1 is 1.17 bits per heavy atom. The number of rotatable bonds is 6. The van der Waals surface area contributed by atoms with Crippen molar-refractivity contribution in [3.05, 3.63) is 54.6 Å². The maximum Gasteiger partial charge on any atom is 0.128 e. The smallest absolute Gasteiger partial charge is 0.128 e. The zero-order valence-electron chi connectivity index (χ0n) is 17.2. The minimum Gasteiger partial charge on any atom is -0.490 e. The van der Waals surface area contributed by atoms with Gasteiger partial charge in [-0.25, -0.2) is 9.97 Å². The summed E-state index contributed by atoms with van der Waals surface area (Å²) in [6.45, 7) is 4.31. The lowest BCUT2D eigenvalue weighted by Gasteiger charge is -2.30. The van der Waals surface area contributed by atoms with Gasteiger partial charge in [-0.1, -0.05) is 30.3 Å². The highest BCUT2D eigenvalue weighted by atomic mass is 16.5. The van der Waals surface area contributed by atoms with Gasteiger partial charge in [-0.3, -0.25) is 0 Å². The van der Waals surface area contributed by atoms with Crippen molar-refractivity contribution in [1.29, 1.82) is 5.26 Å². The van der Waals surface area contributed by atoms with Crippen molar-refractivity contribution in [2.75, 3.05) is 26.2 Å². The number of aliphatic hydroxyl groups excluding tert-OH is 1. The summed E-state index contributed by atoms with van der Waals surface area (Å²) < 4.78 is 6.09. The third-order valence-corrected chi connectivity index (χ3v) is 5.63. The Morgan fingerprint density at radius 2 is 1.90 bits per heavy atom. The van der Waals surface area contributed by atoms with Gasteiger partial charge in [0.1, 0.15) is 24.3 Å². The Balaban J connectivity index is 1.51. The summed E-state index contributed by atoms with van der Waals surface area (Å²) >= 11 is 0. The molecule has 0 bridgehead atoms. The number of fused-ring (bicyclic) bond motifs is 1. The Labute approximate surface area is 176 Å². The van der Waals surface area contributed by atoms with E-state index in [0.717, 1.165) is 53.7 Å². The van der Waals surface area contributed by atoms with Gasteiger partial charge in [-0.05, 0) is 49.7 Å². The van der Waals surface area contributed by atoms with E-state index in [1.165, 1.54) is 0 Å². The van der Waals surface area contributed by atoms with Crippen molar-refractivity contribution >= 4 is 10.8 Å². The number of aliphatic hydroxyl groups is 1. The summed E-state index contributed by atoms with van der Waals surface area (Å²) in [5.41, 5.74) is 1.83. The van der Waals surface area contributed by atoms with Gasteiger partial charge >= 0.3 is 0 Å². The predicted molar refractivity (Wildman–Crippen MR) is 116 cm³/mol. The number of likely N-dealkylation sites (tertiary alicyclic amines) is 1. The lowest BCUT2D eigenvalue weighted by Crippen LogP contribution is -2.40. The second-order valence-electron chi connectivity index (χ2n) is 7.85. The molecule has 4 rings (SSSR count). The monoisotopic (exact) mass is 402 g/mol. The van der Waals surface area contributed by atoms with Gasteiger partial charge in [0.25, 0.3) is 0 Å². The van der Waals surface area contributed by atoms with Gasteiger partial charge in [0.15, 0.2) is 0 Å². The molecule has 3 aromatic rings. The minimum absolute atomic E-state index is 0.145. The van der Waals surface area contributed by atoms with E-state index >= 15 is 0 Å². The molecule has 154 valence electrons. The van der Waals surface area contributed by atoms with E-state index in [0.29, 0.717) is 12.3 Å². The first-order valence-electron chi connectivity index (χ1n) is 10.4. The van der Waals surface area contributed by atoms with Crippen LogP contribution in [0.4, 0.5) is 0 Å². The fourth-order valence-electron chi connectivity index (χ4n) is 3.97. The number of β-amino-alcohol motifs (C(OH)–C–C–N with tert-alkyl or cyclic N) is 1. The molecule has 2 aromatic carbocycles. The average Bonchev–Trinajstić information content (AvgIpc) is 2.78. The molecule has 2 heterocycles. The van der Waals surface area contributed by atoms with Crippen molar-refractivity contribution in [2.24, 2.45) is 5.92 Å². The topological polar surface area (TPSA) is 82.3 Å². The van der Waals surface area contributed by atoms with Gasteiger partial charge < -0.3 is 14.7 Å². The van der Waals surface area contributed by atoms with Crippen LogP contribution in [0, 0.1) is 24.2 Å². The van der Waals surface area contributed by atoms with Crippen molar-refractivity contribution < 1.29 is 9.84 Å². The lowest BCUT2D eigenvalue weighted by molar-refractivity contribution is 0.0585. The maximum absolute atomic E-state index is 10.5. The van der Waals surface area contributed by atoms with Crippen LogP contribution in [0.2, 0.25) is 0 Å². The van der Waals surface area contributed by atoms with Crippen LogP contribution in [0.5, 0.6) is 5.75 Å². The highest BCUT2D eigenvalue weighted by Crippen LogP contribution is 2.36. The molecular weight excluding hydrogens is 376 g/mol. The normalized spacial score (nSPS) is 16.3. The maximum atomic E-state index is 10.5. The van der Waals surface area contributed by atoms with Crippen LogP contribution in [0.15, 0.2) is 48.8 Å². The van der Waals surface area contributed by atoms with Crippen LogP contribution < -0.4 is 4.74 Å². The van der Waals surface area contributed by atoms with Gasteiger partial charge in [0, 0.05) is 36.0 Å². The van der Waals surface area contributed by atoms with E-state index in [4.69, 9.17) is 10.00 Å². The van der Waals surface area contributed by atoms with Crippen LogP contribution >= 0.6 is 0 Å². The molecule has 1 aliphatic heterocycles. The highest BCUT2D eigenvalue weighted by Gasteiger charge is 2.21. The fraction of sp³-hybridized carbons (Fsp3) is 0.375. The molecule has 0 saturated carbocycles. The molecule has 1 saturated heterocycles. The molecule has 1 fully saturated rings. The Bertz CT molecular complexity index is 1040. The van der Waals surface area contributed by atoms with Gasteiger partial charge in [-0.15, -0.1) is 0 Å². The first kappa shape index (κ1) is 20.3. The second kappa shape index (κ2) is 9.21. The van der Waals surface area contributed by atoms with E-state index in [9.17, 15) is 5.11 Å². The number of hydrogen-bond donors (Lipinski definition) is 1. The van der Waals surface area contributed by atoms with Crippen LogP contribution in [0.1, 0.15) is 18.7 Å². The number of nitriles is 1. The Morgan fingerprint density at radius 3 is 2.63 bits per heavy atom. The van der Waals surface area contributed by atoms with E-state index in [-0.39, 0.29) is 12.5 Å². The zero-order chi connectivity index (χ0) is 20.9. The van der Waals surface area contributed by atoms with E-state index in [1.807, 2.05) is 43.6 Å². The molecule has 1 aliphatic rings. The first-order valence-corrected chi connectivity index (χ1v) is 10.4. The molecule has 1 unspecified atom stereocenters. The number of hydrogen-bond acceptors (Lipinski definition) is 6. The molecule has 30 heavy (non-hydrogen) atoms. The van der Waals surface area contributed by atoms with E-state index < -0.39 is 6.10 Å². The summed E-state index contributed by atoms with van der Waals surface area (Å²) in [5, 5.41) is 21.8. The molecule has 6 nitrogen and oxygen atoms in total. The number of benzene rings is 2. The number of piperidine rings is 1. The predicted octanol–water partition coefficient (Wildman–Crippen LogP) is 3.58. The van der Waals surface area contributed by atoms with Gasteiger partial charge in [0.2, 0.25) is 0 Å². The molecule has 0 aliphatic carbocycles. The summed E-state index contributed by atoms with van der Waals surface area (Å²) in [6, 6.07) is 14.5. The fourth-order valence-corrected chi connectivity index (χ4v) is 3.97. The summed E-state index contributed by atoms with van der Waals surface area (Å²) in [6.07, 6.45) is 4.76. The van der Waals surface area contributed by atoms with Crippen LogP contribution in [0.25, 0.3) is 21.9 Å². The van der Waals surface area contributed by atoms with Gasteiger partial charge in [-0.2, -0.15) is 5.26 Å². The van der Waals surface area contributed by atoms with Crippen LogP contribution in [0.3, 0.4) is 0 Å². The van der Waals surface area contributed by atoms with Crippen molar-refractivity contribution in [1.82, 2.24) is 14.9 Å². The second-order valence-corrected chi connectivity index (χ2v) is 7.85. The summed E-state index contributed by atoms with van der Waals surface area (Å²) in [5.74, 6) is 1.58. The number of nitrogens with zero attached hydrogens (tertiary/aromatic N) is 4. The van der Waals surface area contributed by atoms with Crippen molar-refractivity contribution in [2.45, 2.75) is 25.9 Å². The first-order chi connectivity index (χ1) is 14.6. The molecule has 1 N–H and O–H groups in total. The summed E-state index contributed by atoms with van der Waals surface area (Å²) in [4.78, 5) is 10.9. The third-order valence-electron chi connectivity index (χ3n) is 5.63. The quantitative estimate of drug-likeness (QED) is 0.679. The molecule has 1 aromatic heterocycles. The molecule has 1 atom stereocenters. The molecule has 0 spiro atoms. The largest absolute Gasteiger partial charge is 0.490 e.